The van der Waals surface area contributed by atoms with Crippen LogP contribution in [0.4, 0.5) is 0 Å². The molecule has 0 saturated heterocycles. The minimum absolute atomic E-state index is 0.833. The second-order valence-corrected chi connectivity index (χ2v) is 10.9. The van der Waals surface area contributed by atoms with Crippen LogP contribution in [0, 0.1) is 5.92 Å². The molecule has 1 aromatic carbocycles. The third-order valence-corrected chi connectivity index (χ3v) is 8.36. The van der Waals surface area contributed by atoms with E-state index in [9.17, 15) is 0 Å². The summed E-state index contributed by atoms with van der Waals surface area (Å²) in [6.45, 7) is 1.95. The molecule has 0 radical (unpaired) electrons. The van der Waals surface area contributed by atoms with Gasteiger partial charge in [0.25, 0.3) is 0 Å². The van der Waals surface area contributed by atoms with Crippen molar-refractivity contribution in [2.24, 2.45) is 5.92 Å². The SMILES string of the molecule is c1csc(-c2nccc3[nH]c(-c4n[nH]c5ccc(-c6cncc(CNCC7CCCC7)c6)cc45)cc23)c1. The summed E-state index contributed by atoms with van der Waals surface area (Å²) in [4.78, 5) is 13.9. The summed E-state index contributed by atoms with van der Waals surface area (Å²) < 4.78 is 0. The number of fused-ring (bicyclic) bond motifs is 2. The molecule has 6 nitrogen and oxygen atoms in total. The molecule has 6 aromatic rings. The molecular weight excluding hydrogens is 476 g/mol. The van der Waals surface area contributed by atoms with Gasteiger partial charge in [0.2, 0.25) is 0 Å². The topological polar surface area (TPSA) is 82.3 Å². The minimum atomic E-state index is 0.833. The van der Waals surface area contributed by atoms with Gasteiger partial charge in [0.15, 0.2) is 0 Å². The number of hydrogen-bond acceptors (Lipinski definition) is 5. The number of H-pyrrole nitrogens is 2. The van der Waals surface area contributed by atoms with Crippen molar-refractivity contribution in [1.29, 1.82) is 0 Å². The van der Waals surface area contributed by atoms with Gasteiger partial charge in [-0.2, -0.15) is 5.10 Å². The molecule has 1 saturated carbocycles. The maximum atomic E-state index is 4.68. The predicted octanol–water partition coefficient (Wildman–Crippen LogP) is 7.18. The number of pyridine rings is 2. The van der Waals surface area contributed by atoms with Crippen molar-refractivity contribution in [2.75, 3.05) is 6.54 Å². The molecule has 0 amide bonds. The van der Waals surface area contributed by atoms with Crippen LogP contribution in [0.5, 0.6) is 0 Å². The van der Waals surface area contributed by atoms with Gasteiger partial charge in [-0.05, 0) is 78.2 Å². The van der Waals surface area contributed by atoms with Crippen LogP contribution in [0.2, 0.25) is 0 Å². The zero-order valence-electron chi connectivity index (χ0n) is 20.5. The van der Waals surface area contributed by atoms with Gasteiger partial charge >= 0.3 is 0 Å². The number of aromatic amines is 2. The molecule has 5 aromatic heterocycles. The molecule has 0 bridgehead atoms. The van der Waals surface area contributed by atoms with Crippen molar-refractivity contribution in [3.63, 3.8) is 0 Å². The van der Waals surface area contributed by atoms with E-state index in [0.29, 0.717) is 0 Å². The van der Waals surface area contributed by atoms with Gasteiger partial charge in [0.1, 0.15) is 5.69 Å². The quantitative estimate of drug-likeness (QED) is 0.215. The molecule has 1 aliphatic carbocycles. The van der Waals surface area contributed by atoms with Gasteiger partial charge in [0.05, 0.1) is 21.8 Å². The highest BCUT2D eigenvalue weighted by atomic mass is 32.1. The number of benzene rings is 1. The van der Waals surface area contributed by atoms with Crippen LogP contribution in [0.1, 0.15) is 31.2 Å². The first kappa shape index (κ1) is 22.4. The van der Waals surface area contributed by atoms with E-state index in [0.717, 1.165) is 73.9 Å². The van der Waals surface area contributed by atoms with Crippen LogP contribution in [-0.4, -0.2) is 31.7 Å². The summed E-state index contributed by atoms with van der Waals surface area (Å²) in [5.41, 5.74) is 8.43. The van der Waals surface area contributed by atoms with Gasteiger partial charge in [-0.1, -0.05) is 25.0 Å². The van der Waals surface area contributed by atoms with Crippen molar-refractivity contribution in [3.05, 3.63) is 78.1 Å². The van der Waals surface area contributed by atoms with E-state index in [1.165, 1.54) is 31.2 Å². The number of hydrogen-bond donors (Lipinski definition) is 3. The lowest BCUT2D eigenvalue weighted by Gasteiger charge is -2.11. The van der Waals surface area contributed by atoms with Crippen molar-refractivity contribution in [2.45, 2.75) is 32.2 Å². The summed E-state index contributed by atoms with van der Waals surface area (Å²) in [5.74, 6) is 0.833. The molecule has 0 spiro atoms. The lowest BCUT2D eigenvalue weighted by molar-refractivity contribution is 0.489. The Hall–Kier alpha value is -3.81. The Morgan fingerprint density at radius 1 is 0.919 bits per heavy atom. The molecular formula is C30H28N6S. The average molecular weight is 505 g/mol. The fourth-order valence-electron chi connectivity index (χ4n) is 5.57. The largest absolute Gasteiger partial charge is 0.353 e. The van der Waals surface area contributed by atoms with Crippen LogP contribution in [-0.2, 0) is 6.54 Å². The van der Waals surface area contributed by atoms with Crippen LogP contribution in [0.3, 0.4) is 0 Å². The number of nitrogens with one attached hydrogen (secondary N) is 3. The van der Waals surface area contributed by atoms with Gasteiger partial charge in [0, 0.05) is 47.0 Å². The third kappa shape index (κ3) is 4.34. The third-order valence-electron chi connectivity index (χ3n) is 7.49. The van der Waals surface area contributed by atoms with Gasteiger partial charge < -0.3 is 10.3 Å². The zero-order chi connectivity index (χ0) is 24.6. The highest BCUT2D eigenvalue weighted by molar-refractivity contribution is 7.13. The van der Waals surface area contributed by atoms with E-state index in [1.807, 2.05) is 24.7 Å². The van der Waals surface area contributed by atoms with Crippen LogP contribution >= 0.6 is 11.3 Å². The molecule has 7 heteroatoms. The summed E-state index contributed by atoms with van der Waals surface area (Å²) in [6.07, 6.45) is 11.3. The van der Waals surface area contributed by atoms with Gasteiger partial charge in [-0.25, -0.2) is 0 Å². The molecule has 5 heterocycles. The Bertz CT molecular complexity index is 1670. The molecule has 0 aliphatic heterocycles. The van der Waals surface area contributed by atoms with Crippen LogP contribution < -0.4 is 5.32 Å². The smallest absolute Gasteiger partial charge is 0.116 e. The molecule has 0 atom stereocenters. The molecule has 37 heavy (non-hydrogen) atoms. The Morgan fingerprint density at radius 2 is 1.84 bits per heavy atom. The van der Waals surface area contributed by atoms with E-state index in [1.54, 1.807) is 11.3 Å². The van der Waals surface area contributed by atoms with Crippen molar-refractivity contribution in [1.82, 2.24) is 30.5 Å². The monoisotopic (exact) mass is 504 g/mol. The van der Waals surface area contributed by atoms with E-state index in [2.05, 4.69) is 78.3 Å². The second kappa shape index (κ2) is 9.57. The maximum absolute atomic E-state index is 4.68. The zero-order valence-corrected chi connectivity index (χ0v) is 21.3. The van der Waals surface area contributed by atoms with Crippen molar-refractivity contribution >= 4 is 33.1 Å². The predicted molar refractivity (Wildman–Crippen MR) is 151 cm³/mol. The van der Waals surface area contributed by atoms with Crippen molar-refractivity contribution in [3.8, 4) is 33.1 Å². The number of nitrogens with zero attached hydrogens (tertiary/aromatic N) is 3. The number of rotatable bonds is 7. The van der Waals surface area contributed by atoms with E-state index < -0.39 is 0 Å². The Labute approximate surface area is 219 Å². The number of thiophene rings is 1. The van der Waals surface area contributed by atoms with Gasteiger partial charge in [-0.3, -0.25) is 15.1 Å². The minimum Gasteiger partial charge on any atom is -0.353 e. The summed E-state index contributed by atoms with van der Waals surface area (Å²) in [6, 6.07) is 17.1. The summed E-state index contributed by atoms with van der Waals surface area (Å²) in [7, 11) is 0. The first-order valence-corrected chi connectivity index (χ1v) is 13.8. The number of aromatic nitrogens is 5. The standard InChI is InChI=1S/C30H28N6S/c1-2-5-19(4-1)15-31-16-20-12-22(18-32-17-20)21-7-8-26-23(13-21)29(36-35-26)27-14-24-25(34-27)9-10-33-30(24)28-6-3-11-37-28/h3,6-14,17-19,31,34H,1-2,4-5,15-16H2,(H,35,36). The lowest BCUT2D eigenvalue weighted by atomic mass is 10.0. The van der Waals surface area contributed by atoms with Gasteiger partial charge in [-0.15, -0.1) is 11.3 Å². The fourth-order valence-corrected chi connectivity index (χ4v) is 6.30. The molecule has 0 unspecified atom stereocenters. The van der Waals surface area contributed by atoms with E-state index in [4.69, 9.17) is 0 Å². The molecule has 7 rings (SSSR count). The maximum Gasteiger partial charge on any atom is 0.116 e. The Balaban J connectivity index is 1.20. The normalized spacial score (nSPS) is 14.3. The van der Waals surface area contributed by atoms with E-state index in [-0.39, 0.29) is 0 Å². The Morgan fingerprint density at radius 3 is 2.73 bits per heavy atom. The summed E-state index contributed by atoms with van der Waals surface area (Å²) in [5, 5.41) is 15.8. The summed E-state index contributed by atoms with van der Waals surface area (Å²) >= 11 is 1.70. The van der Waals surface area contributed by atoms with E-state index >= 15 is 0 Å². The van der Waals surface area contributed by atoms with Crippen molar-refractivity contribution < 1.29 is 0 Å². The first-order chi connectivity index (χ1) is 18.3. The van der Waals surface area contributed by atoms with Crippen LogP contribution in [0.15, 0.2) is 72.5 Å². The fraction of sp³-hybridized carbons (Fsp3) is 0.233. The lowest BCUT2D eigenvalue weighted by Crippen LogP contribution is -2.20. The first-order valence-electron chi connectivity index (χ1n) is 13.0. The van der Waals surface area contributed by atoms with Crippen LogP contribution in [0.25, 0.3) is 54.9 Å². The molecule has 1 aliphatic rings. The highest BCUT2D eigenvalue weighted by Gasteiger charge is 2.16. The Kier molecular flexibility index (Phi) is 5.79. The molecule has 184 valence electrons. The molecule has 3 N–H and O–H groups in total. The highest BCUT2D eigenvalue weighted by Crippen LogP contribution is 2.35. The second-order valence-electron chi connectivity index (χ2n) is 9.98. The average Bonchev–Trinajstić information content (AvgIpc) is 3.74. The molecule has 1 fully saturated rings.